The van der Waals surface area contributed by atoms with Crippen LogP contribution in [0.1, 0.15) is 38.8 Å². The first-order valence-electron chi connectivity index (χ1n) is 7.74. The fourth-order valence-electron chi connectivity index (χ4n) is 2.24. The highest BCUT2D eigenvalue weighted by Crippen LogP contribution is 2.13. The van der Waals surface area contributed by atoms with Gasteiger partial charge in [0.05, 0.1) is 6.04 Å². The van der Waals surface area contributed by atoms with Gasteiger partial charge in [-0.25, -0.2) is 9.18 Å². The number of urea groups is 1. The second-order valence-electron chi connectivity index (χ2n) is 6.31. The lowest BCUT2D eigenvalue weighted by atomic mass is 10.0. The van der Waals surface area contributed by atoms with Crippen molar-refractivity contribution in [1.29, 1.82) is 0 Å². The van der Waals surface area contributed by atoms with Crippen molar-refractivity contribution >= 4 is 11.9 Å². The van der Waals surface area contributed by atoms with E-state index in [1.54, 1.807) is 33.2 Å². The van der Waals surface area contributed by atoms with Gasteiger partial charge in [-0.1, -0.05) is 26.0 Å². The Labute approximate surface area is 137 Å². The van der Waals surface area contributed by atoms with Crippen molar-refractivity contribution in [2.45, 2.75) is 39.3 Å². The fraction of sp³-hybridized carbons (Fsp3) is 0.529. The smallest absolute Gasteiger partial charge is 0.315 e. The van der Waals surface area contributed by atoms with E-state index in [4.69, 9.17) is 0 Å². The van der Waals surface area contributed by atoms with Gasteiger partial charge >= 0.3 is 6.03 Å². The molecule has 1 rings (SSSR count). The zero-order chi connectivity index (χ0) is 17.6. The molecule has 23 heavy (non-hydrogen) atoms. The third-order valence-corrected chi connectivity index (χ3v) is 3.47. The van der Waals surface area contributed by atoms with Crippen molar-refractivity contribution in [1.82, 2.24) is 15.5 Å². The molecule has 0 saturated heterocycles. The highest BCUT2D eigenvalue weighted by molar-refractivity contribution is 5.86. The molecule has 2 atom stereocenters. The third kappa shape index (κ3) is 6.26. The van der Waals surface area contributed by atoms with Crippen LogP contribution < -0.4 is 10.6 Å². The van der Waals surface area contributed by atoms with E-state index in [-0.39, 0.29) is 23.7 Å². The van der Waals surface area contributed by atoms with Gasteiger partial charge in [0.15, 0.2) is 0 Å². The van der Waals surface area contributed by atoms with E-state index in [0.29, 0.717) is 6.42 Å². The van der Waals surface area contributed by atoms with E-state index in [1.165, 1.54) is 17.0 Å². The van der Waals surface area contributed by atoms with Gasteiger partial charge in [0, 0.05) is 14.1 Å². The molecule has 0 radical (unpaired) electrons. The molecule has 0 aliphatic heterocycles. The summed E-state index contributed by atoms with van der Waals surface area (Å²) in [6.07, 6.45) is 0.565. The average molecular weight is 323 g/mol. The first-order valence-corrected chi connectivity index (χ1v) is 7.74. The molecule has 3 amide bonds. The molecule has 0 saturated carbocycles. The number of rotatable bonds is 6. The Bertz CT molecular complexity index is 529. The van der Waals surface area contributed by atoms with Gasteiger partial charge in [-0.05, 0) is 37.0 Å². The second-order valence-corrected chi connectivity index (χ2v) is 6.31. The number of carbonyl (C=O) groups excluding carboxylic acids is 2. The predicted octanol–water partition coefficient (Wildman–Crippen LogP) is 2.69. The average Bonchev–Trinajstić information content (AvgIpc) is 2.45. The summed E-state index contributed by atoms with van der Waals surface area (Å²) >= 11 is 0. The van der Waals surface area contributed by atoms with Crippen LogP contribution in [-0.2, 0) is 4.79 Å². The molecule has 1 aromatic carbocycles. The van der Waals surface area contributed by atoms with Crippen molar-refractivity contribution in [3.63, 3.8) is 0 Å². The number of benzene rings is 1. The summed E-state index contributed by atoms with van der Waals surface area (Å²) in [5, 5.41) is 5.50. The van der Waals surface area contributed by atoms with Crippen LogP contribution in [0.15, 0.2) is 24.3 Å². The van der Waals surface area contributed by atoms with E-state index < -0.39 is 12.1 Å². The summed E-state index contributed by atoms with van der Waals surface area (Å²) < 4.78 is 12.9. The number of carbonyl (C=O) groups is 2. The zero-order valence-electron chi connectivity index (χ0n) is 14.4. The molecular weight excluding hydrogens is 297 g/mol. The topological polar surface area (TPSA) is 61.4 Å². The van der Waals surface area contributed by atoms with Crippen molar-refractivity contribution in [2.24, 2.45) is 5.92 Å². The van der Waals surface area contributed by atoms with E-state index in [9.17, 15) is 14.0 Å². The number of halogens is 1. The van der Waals surface area contributed by atoms with Crippen molar-refractivity contribution in [2.75, 3.05) is 14.1 Å². The molecular formula is C17H26FN3O2. The summed E-state index contributed by atoms with van der Waals surface area (Å²) in [4.78, 5) is 25.8. The molecule has 128 valence electrons. The first-order chi connectivity index (χ1) is 10.7. The summed E-state index contributed by atoms with van der Waals surface area (Å²) in [5.41, 5.74) is 0.792. The number of nitrogens with zero attached hydrogens (tertiary/aromatic N) is 1. The van der Waals surface area contributed by atoms with E-state index >= 15 is 0 Å². The Hall–Kier alpha value is -2.11. The Kier molecular flexibility index (Phi) is 7.00. The van der Waals surface area contributed by atoms with Gasteiger partial charge in [0.25, 0.3) is 0 Å². The lowest BCUT2D eigenvalue weighted by Crippen LogP contribution is -2.50. The van der Waals surface area contributed by atoms with E-state index in [2.05, 4.69) is 10.6 Å². The summed E-state index contributed by atoms with van der Waals surface area (Å²) in [7, 11) is 3.33. The lowest BCUT2D eigenvalue weighted by Gasteiger charge is -2.24. The van der Waals surface area contributed by atoms with Crippen molar-refractivity contribution < 1.29 is 14.0 Å². The number of nitrogens with one attached hydrogen (secondary N) is 2. The van der Waals surface area contributed by atoms with Crippen LogP contribution in [0.3, 0.4) is 0 Å². The first kappa shape index (κ1) is 18.9. The molecule has 0 spiro atoms. The molecule has 0 aliphatic rings. The standard InChI is InChI=1S/C17H26FN3O2/c1-11(2)10-15(16(22)21(4)5)20-17(23)19-12(3)13-6-8-14(18)9-7-13/h6-9,11-12,15H,10H2,1-5H3,(H2,19,20,23). The molecule has 0 aliphatic carbocycles. The Morgan fingerprint density at radius 2 is 1.65 bits per heavy atom. The van der Waals surface area contributed by atoms with E-state index in [0.717, 1.165) is 5.56 Å². The van der Waals surface area contributed by atoms with Crippen LogP contribution in [0, 0.1) is 11.7 Å². The highest BCUT2D eigenvalue weighted by Gasteiger charge is 2.23. The van der Waals surface area contributed by atoms with Gasteiger partial charge in [-0.2, -0.15) is 0 Å². The van der Waals surface area contributed by atoms with Crippen LogP contribution in [0.4, 0.5) is 9.18 Å². The van der Waals surface area contributed by atoms with Gasteiger partial charge in [-0.15, -0.1) is 0 Å². The molecule has 2 N–H and O–H groups in total. The monoisotopic (exact) mass is 323 g/mol. The van der Waals surface area contributed by atoms with Crippen molar-refractivity contribution in [3.05, 3.63) is 35.6 Å². The predicted molar refractivity (Wildman–Crippen MR) is 88.4 cm³/mol. The summed E-state index contributed by atoms with van der Waals surface area (Å²) in [6.45, 7) is 5.80. The lowest BCUT2D eigenvalue weighted by molar-refractivity contribution is -0.131. The molecule has 0 bridgehead atoms. The van der Waals surface area contributed by atoms with Crippen LogP contribution in [0.25, 0.3) is 0 Å². The minimum Gasteiger partial charge on any atom is -0.347 e. The largest absolute Gasteiger partial charge is 0.347 e. The van der Waals surface area contributed by atoms with E-state index in [1.807, 2.05) is 13.8 Å². The molecule has 1 aromatic rings. The van der Waals surface area contributed by atoms with Gasteiger partial charge in [0.1, 0.15) is 11.9 Å². The number of likely N-dealkylation sites (N-methyl/N-ethyl adjacent to an activating group) is 1. The molecule has 0 fully saturated rings. The number of amides is 3. The third-order valence-electron chi connectivity index (χ3n) is 3.47. The minimum atomic E-state index is -0.564. The van der Waals surface area contributed by atoms with Crippen LogP contribution in [0.5, 0.6) is 0 Å². The van der Waals surface area contributed by atoms with Gasteiger partial charge in [0.2, 0.25) is 5.91 Å². The fourth-order valence-corrected chi connectivity index (χ4v) is 2.24. The van der Waals surface area contributed by atoms with Crippen LogP contribution in [-0.4, -0.2) is 37.0 Å². The molecule has 0 heterocycles. The normalized spacial score (nSPS) is 13.3. The number of hydrogen-bond acceptors (Lipinski definition) is 2. The molecule has 2 unspecified atom stereocenters. The van der Waals surface area contributed by atoms with Crippen LogP contribution >= 0.6 is 0 Å². The maximum Gasteiger partial charge on any atom is 0.315 e. The quantitative estimate of drug-likeness (QED) is 0.845. The highest BCUT2D eigenvalue weighted by atomic mass is 19.1. The van der Waals surface area contributed by atoms with Gasteiger partial charge < -0.3 is 15.5 Å². The Morgan fingerprint density at radius 1 is 1.09 bits per heavy atom. The van der Waals surface area contributed by atoms with Crippen molar-refractivity contribution in [3.8, 4) is 0 Å². The number of hydrogen-bond donors (Lipinski definition) is 2. The maximum atomic E-state index is 12.9. The molecule has 5 nitrogen and oxygen atoms in total. The molecule has 0 aromatic heterocycles. The Balaban J connectivity index is 2.67. The Morgan fingerprint density at radius 3 is 2.13 bits per heavy atom. The SMILES string of the molecule is CC(C)CC(NC(=O)NC(C)c1ccc(F)cc1)C(=O)N(C)C. The van der Waals surface area contributed by atoms with Crippen LogP contribution in [0.2, 0.25) is 0 Å². The summed E-state index contributed by atoms with van der Waals surface area (Å²) in [5.74, 6) is -0.180. The zero-order valence-corrected chi connectivity index (χ0v) is 14.4. The summed E-state index contributed by atoms with van der Waals surface area (Å²) in [6, 6.07) is 4.68. The van der Waals surface area contributed by atoms with Gasteiger partial charge in [-0.3, -0.25) is 4.79 Å². The maximum absolute atomic E-state index is 12.9. The molecule has 6 heteroatoms. The minimum absolute atomic E-state index is 0.136. The second kappa shape index (κ2) is 8.50.